The lowest BCUT2D eigenvalue weighted by Gasteiger charge is -2.12. The van der Waals surface area contributed by atoms with Gasteiger partial charge in [-0.2, -0.15) is 18.3 Å². The Hall–Kier alpha value is -3.95. The second-order valence-electron chi connectivity index (χ2n) is 6.04. The fraction of sp³-hybridized carbons (Fsp3) is 0.100. The molecule has 30 heavy (non-hydrogen) atoms. The van der Waals surface area contributed by atoms with Gasteiger partial charge in [-0.05, 0) is 19.1 Å². The van der Waals surface area contributed by atoms with Gasteiger partial charge < -0.3 is 10.4 Å². The number of aliphatic imine (C=N–C) groups is 1. The number of carbonyl (C=O) groups excluding carboxylic acids is 1. The number of nitrogens with zero attached hydrogens (tertiary/aromatic N) is 4. The van der Waals surface area contributed by atoms with Crippen molar-refractivity contribution in [1.29, 1.82) is 0 Å². The SMILES string of the molecule is C=C(O)/C=C(\N=CC)NC(=O)c1cnn2ccc(-c3ccccc3C(F)(F)F)nc12. The molecule has 0 saturated carbocycles. The molecular weight excluding hydrogens is 399 g/mol. The number of allylic oxidation sites excluding steroid dienone is 1. The molecule has 1 aromatic carbocycles. The molecule has 7 nitrogen and oxygen atoms in total. The smallest absolute Gasteiger partial charge is 0.417 e. The Balaban J connectivity index is 2.05. The Kier molecular flexibility index (Phi) is 5.67. The first-order chi connectivity index (χ1) is 14.2. The fourth-order valence-corrected chi connectivity index (χ4v) is 2.72. The van der Waals surface area contributed by atoms with Gasteiger partial charge in [-0.1, -0.05) is 24.8 Å². The van der Waals surface area contributed by atoms with E-state index in [2.05, 4.69) is 27.0 Å². The maximum atomic E-state index is 13.4. The Bertz CT molecular complexity index is 1180. The summed E-state index contributed by atoms with van der Waals surface area (Å²) in [5, 5.41) is 15.8. The van der Waals surface area contributed by atoms with Crippen molar-refractivity contribution >= 4 is 17.8 Å². The van der Waals surface area contributed by atoms with E-state index in [1.807, 2.05) is 0 Å². The third-order valence-corrected chi connectivity index (χ3v) is 3.94. The van der Waals surface area contributed by atoms with Crippen LogP contribution in [-0.4, -0.2) is 31.8 Å². The Morgan fingerprint density at radius 3 is 2.70 bits per heavy atom. The minimum Gasteiger partial charge on any atom is -0.508 e. The van der Waals surface area contributed by atoms with E-state index in [1.54, 1.807) is 6.92 Å². The van der Waals surface area contributed by atoms with Crippen LogP contribution in [0.25, 0.3) is 16.9 Å². The monoisotopic (exact) mass is 415 g/mol. The molecular formula is C20H16F3N5O2. The number of halogens is 3. The second kappa shape index (κ2) is 8.19. The molecule has 3 rings (SSSR count). The van der Waals surface area contributed by atoms with Gasteiger partial charge in [0.25, 0.3) is 5.91 Å². The Morgan fingerprint density at radius 1 is 1.30 bits per heavy atom. The lowest BCUT2D eigenvalue weighted by molar-refractivity contribution is -0.137. The summed E-state index contributed by atoms with van der Waals surface area (Å²) in [6.07, 6.45) is 0.628. The summed E-state index contributed by atoms with van der Waals surface area (Å²) in [4.78, 5) is 20.8. The van der Waals surface area contributed by atoms with E-state index >= 15 is 0 Å². The van der Waals surface area contributed by atoms with Crippen LogP contribution in [-0.2, 0) is 6.18 Å². The van der Waals surface area contributed by atoms with E-state index in [1.165, 1.54) is 47.4 Å². The van der Waals surface area contributed by atoms with Crippen LogP contribution in [0.5, 0.6) is 0 Å². The summed E-state index contributed by atoms with van der Waals surface area (Å²) in [7, 11) is 0. The molecule has 0 saturated heterocycles. The number of carbonyl (C=O) groups is 1. The standard InChI is InChI=1S/C20H16F3N5O2/c1-3-24-17(10-12(2)29)27-19(30)14-11-25-28-9-8-16(26-18(14)28)13-6-4-5-7-15(13)20(21,22)23/h3-11,29H,2H2,1H3,(H,27,30)/b17-10+,24-3?. The van der Waals surface area contributed by atoms with E-state index in [0.29, 0.717) is 0 Å². The van der Waals surface area contributed by atoms with Crippen LogP contribution in [0.4, 0.5) is 13.2 Å². The lowest BCUT2D eigenvalue weighted by atomic mass is 10.0. The number of nitrogens with one attached hydrogen (secondary N) is 1. The molecule has 0 fully saturated rings. The van der Waals surface area contributed by atoms with Gasteiger partial charge in [-0.3, -0.25) is 4.79 Å². The highest BCUT2D eigenvalue weighted by atomic mass is 19.4. The van der Waals surface area contributed by atoms with Gasteiger partial charge in [-0.25, -0.2) is 14.5 Å². The topological polar surface area (TPSA) is 91.9 Å². The Labute approximate surface area is 168 Å². The number of alkyl halides is 3. The first kappa shape index (κ1) is 20.8. The highest BCUT2D eigenvalue weighted by Gasteiger charge is 2.33. The zero-order valence-corrected chi connectivity index (χ0v) is 15.7. The number of aliphatic hydroxyl groups is 1. The van der Waals surface area contributed by atoms with Crippen molar-refractivity contribution in [3.8, 4) is 11.3 Å². The van der Waals surface area contributed by atoms with Gasteiger partial charge in [0, 0.05) is 24.1 Å². The summed E-state index contributed by atoms with van der Waals surface area (Å²) in [5.41, 5.74) is -0.841. The zero-order chi connectivity index (χ0) is 21.9. The number of benzene rings is 1. The van der Waals surface area contributed by atoms with Crippen molar-refractivity contribution in [2.24, 2.45) is 4.99 Å². The van der Waals surface area contributed by atoms with Gasteiger partial charge in [0.2, 0.25) is 0 Å². The fourth-order valence-electron chi connectivity index (χ4n) is 2.72. The number of hydrogen-bond acceptors (Lipinski definition) is 5. The number of aliphatic hydroxyl groups excluding tert-OH is 1. The molecule has 10 heteroatoms. The summed E-state index contributed by atoms with van der Waals surface area (Å²) in [6.45, 7) is 4.92. The molecule has 2 N–H and O–H groups in total. The van der Waals surface area contributed by atoms with Crippen LogP contribution < -0.4 is 5.32 Å². The molecule has 1 amide bonds. The van der Waals surface area contributed by atoms with Gasteiger partial charge >= 0.3 is 6.18 Å². The number of aromatic nitrogens is 3. The van der Waals surface area contributed by atoms with Crippen molar-refractivity contribution in [2.75, 3.05) is 0 Å². The van der Waals surface area contributed by atoms with Crippen molar-refractivity contribution in [1.82, 2.24) is 19.9 Å². The average molecular weight is 415 g/mol. The molecule has 154 valence electrons. The van der Waals surface area contributed by atoms with E-state index in [0.717, 1.165) is 12.1 Å². The highest BCUT2D eigenvalue weighted by molar-refractivity contribution is 6.00. The van der Waals surface area contributed by atoms with Crippen LogP contribution in [0.1, 0.15) is 22.8 Å². The van der Waals surface area contributed by atoms with Crippen LogP contribution in [0.15, 0.2) is 72.0 Å². The molecule has 0 atom stereocenters. The molecule has 0 radical (unpaired) electrons. The van der Waals surface area contributed by atoms with Crippen molar-refractivity contribution in [2.45, 2.75) is 13.1 Å². The predicted octanol–water partition coefficient (Wildman–Crippen LogP) is 4.15. The minimum absolute atomic E-state index is 0.0158. The van der Waals surface area contributed by atoms with E-state index in [4.69, 9.17) is 0 Å². The third-order valence-electron chi connectivity index (χ3n) is 3.94. The van der Waals surface area contributed by atoms with Gasteiger partial charge in [-0.15, -0.1) is 0 Å². The molecule has 0 unspecified atom stereocenters. The third kappa shape index (κ3) is 4.37. The minimum atomic E-state index is -4.56. The van der Waals surface area contributed by atoms with Gasteiger partial charge in [0.15, 0.2) is 5.65 Å². The molecule has 0 aliphatic rings. The Morgan fingerprint density at radius 2 is 2.03 bits per heavy atom. The number of rotatable bonds is 5. The summed E-state index contributed by atoms with van der Waals surface area (Å²) >= 11 is 0. The van der Waals surface area contributed by atoms with Gasteiger partial charge in [0.1, 0.15) is 17.1 Å². The van der Waals surface area contributed by atoms with Crippen LogP contribution >= 0.6 is 0 Å². The van der Waals surface area contributed by atoms with Crippen molar-refractivity contribution < 1.29 is 23.1 Å². The maximum absolute atomic E-state index is 13.4. The summed E-state index contributed by atoms with van der Waals surface area (Å²) in [6, 6.07) is 6.42. The van der Waals surface area contributed by atoms with E-state index in [-0.39, 0.29) is 34.0 Å². The van der Waals surface area contributed by atoms with Crippen molar-refractivity contribution in [3.63, 3.8) is 0 Å². The summed E-state index contributed by atoms with van der Waals surface area (Å²) < 4.78 is 41.3. The van der Waals surface area contributed by atoms with Crippen molar-refractivity contribution in [3.05, 3.63) is 78.1 Å². The van der Waals surface area contributed by atoms with E-state index in [9.17, 15) is 23.1 Å². The molecule has 0 spiro atoms. The second-order valence-corrected chi connectivity index (χ2v) is 6.04. The zero-order valence-electron chi connectivity index (χ0n) is 15.7. The number of fused-ring (bicyclic) bond motifs is 1. The van der Waals surface area contributed by atoms with E-state index < -0.39 is 17.6 Å². The predicted molar refractivity (Wildman–Crippen MR) is 105 cm³/mol. The summed E-state index contributed by atoms with van der Waals surface area (Å²) in [5.74, 6) is -0.954. The quantitative estimate of drug-likeness (QED) is 0.372. The number of amides is 1. The molecule has 3 aromatic rings. The molecule has 2 aromatic heterocycles. The molecule has 0 bridgehead atoms. The lowest BCUT2D eigenvalue weighted by Crippen LogP contribution is -2.22. The van der Waals surface area contributed by atoms with Gasteiger partial charge in [0.05, 0.1) is 17.5 Å². The normalized spacial score (nSPS) is 12.5. The molecule has 2 heterocycles. The van der Waals surface area contributed by atoms with Crippen LogP contribution in [0.2, 0.25) is 0 Å². The first-order valence-electron chi connectivity index (χ1n) is 8.61. The average Bonchev–Trinajstić information content (AvgIpc) is 3.10. The van der Waals surface area contributed by atoms with Crippen LogP contribution in [0, 0.1) is 0 Å². The largest absolute Gasteiger partial charge is 0.508 e. The number of hydrogen-bond donors (Lipinski definition) is 2. The first-order valence-corrected chi connectivity index (χ1v) is 8.61. The maximum Gasteiger partial charge on any atom is 0.417 e. The molecule has 0 aliphatic carbocycles. The molecule has 0 aliphatic heterocycles. The van der Waals surface area contributed by atoms with Crippen LogP contribution in [0.3, 0.4) is 0 Å². The highest BCUT2D eigenvalue weighted by Crippen LogP contribution is 2.36.